The summed E-state index contributed by atoms with van der Waals surface area (Å²) in [7, 11) is 1.95. The quantitative estimate of drug-likeness (QED) is 0.710. The molecule has 0 heterocycles. The fourth-order valence-electron chi connectivity index (χ4n) is 2.76. The third-order valence-electron chi connectivity index (χ3n) is 3.88. The lowest BCUT2D eigenvalue weighted by Crippen LogP contribution is -2.18. The molecule has 0 saturated carbocycles. The maximum Gasteiger partial charge on any atom is 0.127 e. The van der Waals surface area contributed by atoms with E-state index in [9.17, 15) is 4.39 Å². The van der Waals surface area contributed by atoms with Crippen molar-refractivity contribution in [2.24, 2.45) is 0 Å². The first kappa shape index (κ1) is 15.2. The maximum absolute atomic E-state index is 13.9. The van der Waals surface area contributed by atoms with Gasteiger partial charge in [-0.3, -0.25) is 4.90 Å². The van der Waals surface area contributed by atoms with Crippen LogP contribution in [0.5, 0.6) is 0 Å². The number of fused-ring (bicyclic) bond motifs is 1. The molecule has 114 valence electrons. The molecule has 0 fully saturated rings. The third-order valence-corrected chi connectivity index (χ3v) is 3.88. The number of rotatable bonds is 4. The van der Waals surface area contributed by atoms with Crippen molar-refractivity contribution in [1.82, 2.24) is 4.90 Å². The molecule has 0 N–H and O–H groups in total. The second-order valence-electron chi connectivity index (χ2n) is 5.77. The van der Waals surface area contributed by atoms with E-state index < -0.39 is 0 Å². The Morgan fingerprint density at radius 1 is 0.957 bits per heavy atom. The van der Waals surface area contributed by atoms with Crippen LogP contribution in [-0.4, -0.2) is 11.9 Å². The highest BCUT2D eigenvalue weighted by Crippen LogP contribution is 2.18. The molecule has 3 aromatic carbocycles. The molecule has 0 aliphatic heterocycles. The summed E-state index contributed by atoms with van der Waals surface area (Å²) in [5.74, 6) is -0.269. The number of nitriles is 1. The predicted molar refractivity (Wildman–Crippen MR) is 90.2 cm³/mol. The van der Waals surface area contributed by atoms with Crippen LogP contribution in [0.25, 0.3) is 10.8 Å². The highest BCUT2D eigenvalue weighted by atomic mass is 19.1. The zero-order valence-electron chi connectivity index (χ0n) is 13.0. The number of benzene rings is 3. The van der Waals surface area contributed by atoms with Gasteiger partial charge in [-0.05, 0) is 47.6 Å². The maximum atomic E-state index is 13.9. The summed E-state index contributed by atoms with van der Waals surface area (Å²) < 4.78 is 13.9. The normalized spacial score (nSPS) is 10.9. The average molecular weight is 304 g/mol. The van der Waals surface area contributed by atoms with E-state index in [2.05, 4.69) is 36.4 Å². The van der Waals surface area contributed by atoms with Crippen molar-refractivity contribution >= 4 is 10.8 Å². The van der Waals surface area contributed by atoms with Gasteiger partial charge in [0.15, 0.2) is 0 Å². The van der Waals surface area contributed by atoms with Crippen molar-refractivity contribution in [2.75, 3.05) is 7.05 Å². The first-order valence-electron chi connectivity index (χ1n) is 7.50. The zero-order chi connectivity index (χ0) is 16.2. The van der Waals surface area contributed by atoms with Crippen molar-refractivity contribution in [3.05, 3.63) is 83.2 Å². The highest BCUT2D eigenvalue weighted by Gasteiger charge is 2.08. The van der Waals surface area contributed by atoms with Gasteiger partial charge in [0.2, 0.25) is 0 Å². The van der Waals surface area contributed by atoms with E-state index in [1.54, 1.807) is 6.07 Å². The molecule has 0 spiro atoms. The van der Waals surface area contributed by atoms with Crippen LogP contribution in [0.1, 0.15) is 16.7 Å². The first-order chi connectivity index (χ1) is 11.2. The summed E-state index contributed by atoms with van der Waals surface area (Å²) >= 11 is 0. The molecule has 0 aliphatic carbocycles. The number of hydrogen-bond donors (Lipinski definition) is 0. The predicted octanol–water partition coefficient (Wildman–Crippen LogP) is 4.48. The topological polar surface area (TPSA) is 27.0 Å². The molecule has 23 heavy (non-hydrogen) atoms. The standard InChI is InChI=1S/C20H17FN2/c1-23(14-19-10-15(12-22)7-9-20(19)21)13-16-6-8-17-4-2-3-5-18(17)11-16/h2-11H,13-14H2,1H3. The van der Waals surface area contributed by atoms with Gasteiger partial charge < -0.3 is 0 Å². The van der Waals surface area contributed by atoms with Gasteiger partial charge in [-0.15, -0.1) is 0 Å². The summed E-state index contributed by atoms with van der Waals surface area (Å²) in [6, 6.07) is 21.1. The van der Waals surface area contributed by atoms with Crippen LogP contribution in [0.15, 0.2) is 60.7 Å². The molecule has 0 aromatic heterocycles. The van der Waals surface area contributed by atoms with Gasteiger partial charge in [0, 0.05) is 18.7 Å². The molecule has 0 saturated heterocycles. The smallest absolute Gasteiger partial charge is 0.127 e. The number of nitrogens with zero attached hydrogens (tertiary/aromatic N) is 2. The minimum absolute atomic E-state index is 0.269. The first-order valence-corrected chi connectivity index (χ1v) is 7.50. The van der Waals surface area contributed by atoms with Crippen LogP contribution in [-0.2, 0) is 13.1 Å². The molecule has 3 rings (SSSR count). The lowest BCUT2D eigenvalue weighted by Gasteiger charge is -2.17. The molecule has 3 aromatic rings. The Labute approximate surface area is 135 Å². The van der Waals surface area contributed by atoms with Crippen molar-refractivity contribution < 1.29 is 4.39 Å². The summed E-state index contributed by atoms with van der Waals surface area (Å²) in [5.41, 5.74) is 2.22. The Morgan fingerprint density at radius 2 is 1.74 bits per heavy atom. The van der Waals surface area contributed by atoms with Gasteiger partial charge >= 0.3 is 0 Å². The molecular formula is C20H17FN2. The lowest BCUT2D eigenvalue weighted by molar-refractivity contribution is 0.313. The Kier molecular flexibility index (Phi) is 4.36. The molecule has 0 atom stereocenters. The second-order valence-corrected chi connectivity index (χ2v) is 5.77. The van der Waals surface area contributed by atoms with Crippen molar-refractivity contribution in [2.45, 2.75) is 13.1 Å². The van der Waals surface area contributed by atoms with Gasteiger partial charge in [-0.2, -0.15) is 5.26 Å². The second kappa shape index (κ2) is 6.60. The van der Waals surface area contributed by atoms with Crippen molar-refractivity contribution in [3.8, 4) is 6.07 Å². The van der Waals surface area contributed by atoms with E-state index in [1.165, 1.54) is 28.5 Å². The Hall–Kier alpha value is -2.70. The van der Waals surface area contributed by atoms with Crippen LogP contribution >= 0.6 is 0 Å². The monoisotopic (exact) mass is 304 g/mol. The van der Waals surface area contributed by atoms with E-state index in [4.69, 9.17) is 5.26 Å². The SMILES string of the molecule is CN(Cc1ccc2ccccc2c1)Cc1cc(C#N)ccc1F. The Morgan fingerprint density at radius 3 is 2.52 bits per heavy atom. The largest absolute Gasteiger partial charge is 0.298 e. The summed E-state index contributed by atoms with van der Waals surface area (Å²) in [6.07, 6.45) is 0. The van der Waals surface area contributed by atoms with Crippen LogP contribution in [0, 0.1) is 17.1 Å². The number of hydrogen-bond acceptors (Lipinski definition) is 2. The number of halogens is 1. The van der Waals surface area contributed by atoms with Gasteiger partial charge in [0.05, 0.1) is 11.6 Å². The molecule has 3 heteroatoms. The van der Waals surface area contributed by atoms with Gasteiger partial charge in [-0.25, -0.2) is 4.39 Å². The minimum Gasteiger partial charge on any atom is -0.298 e. The van der Waals surface area contributed by atoms with Crippen LogP contribution < -0.4 is 0 Å². The third kappa shape index (κ3) is 3.56. The molecule has 0 bridgehead atoms. The van der Waals surface area contributed by atoms with Crippen molar-refractivity contribution in [3.63, 3.8) is 0 Å². The van der Waals surface area contributed by atoms with E-state index in [1.807, 2.05) is 24.1 Å². The Bertz CT molecular complexity index is 880. The van der Waals surface area contributed by atoms with Crippen LogP contribution in [0.3, 0.4) is 0 Å². The molecule has 2 nitrogen and oxygen atoms in total. The molecule has 0 aliphatic rings. The van der Waals surface area contributed by atoms with Gasteiger partial charge in [-0.1, -0.05) is 36.4 Å². The minimum atomic E-state index is -0.269. The van der Waals surface area contributed by atoms with Gasteiger partial charge in [0.25, 0.3) is 0 Å². The van der Waals surface area contributed by atoms with E-state index in [0.29, 0.717) is 17.7 Å². The van der Waals surface area contributed by atoms with Crippen molar-refractivity contribution in [1.29, 1.82) is 5.26 Å². The molecule has 0 amide bonds. The molecular weight excluding hydrogens is 287 g/mol. The summed E-state index contributed by atoms with van der Waals surface area (Å²) in [4.78, 5) is 2.05. The van der Waals surface area contributed by atoms with Crippen LogP contribution in [0.4, 0.5) is 4.39 Å². The average Bonchev–Trinajstić information content (AvgIpc) is 2.56. The lowest BCUT2D eigenvalue weighted by atomic mass is 10.1. The Balaban J connectivity index is 1.76. The van der Waals surface area contributed by atoms with Crippen LogP contribution in [0.2, 0.25) is 0 Å². The zero-order valence-corrected chi connectivity index (χ0v) is 13.0. The van der Waals surface area contributed by atoms with E-state index in [-0.39, 0.29) is 5.82 Å². The van der Waals surface area contributed by atoms with E-state index >= 15 is 0 Å². The fourth-order valence-corrected chi connectivity index (χ4v) is 2.76. The van der Waals surface area contributed by atoms with Gasteiger partial charge in [0.1, 0.15) is 5.82 Å². The van der Waals surface area contributed by atoms with E-state index in [0.717, 1.165) is 6.54 Å². The molecule has 0 unspecified atom stereocenters. The highest BCUT2D eigenvalue weighted by molar-refractivity contribution is 5.82. The summed E-state index contributed by atoms with van der Waals surface area (Å²) in [5, 5.41) is 11.4. The molecule has 0 radical (unpaired) electrons. The fraction of sp³-hybridized carbons (Fsp3) is 0.150. The summed E-state index contributed by atoms with van der Waals surface area (Å²) in [6.45, 7) is 1.19.